The van der Waals surface area contributed by atoms with E-state index < -0.39 is 5.97 Å². The Hall–Kier alpha value is -2.79. The van der Waals surface area contributed by atoms with Crippen molar-refractivity contribution in [2.75, 3.05) is 27.6 Å². The lowest BCUT2D eigenvalue weighted by atomic mass is 9.94. The summed E-state index contributed by atoms with van der Waals surface area (Å²) in [6, 6.07) is 13.3. The van der Waals surface area contributed by atoms with Crippen LogP contribution in [0.15, 0.2) is 48.5 Å². The molecule has 0 saturated carbocycles. The number of carbonyl (C=O) groups excluding carboxylic acids is 1. The van der Waals surface area contributed by atoms with E-state index in [9.17, 15) is 4.79 Å². The Balaban J connectivity index is 2.66. The minimum atomic E-state index is -0.424. The molecule has 0 bridgehead atoms. The Kier molecular flexibility index (Phi) is 7.24. The van der Waals surface area contributed by atoms with Crippen molar-refractivity contribution >= 4 is 11.5 Å². The summed E-state index contributed by atoms with van der Waals surface area (Å²) in [7, 11) is 3.16. The van der Waals surface area contributed by atoms with Gasteiger partial charge in [-0.3, -0.25) is 0 Å². The molecule has 0 radical (unpaired) electrons. The Morgan fingerprint density at radius 1 is 1.04 bits per heavy atom. The first-order valence-electron chi connectivity index (χ1n) is 8.35. The summed E-state index contributed by atoms with van der Waals surface area (Å²) >= 11 is 0. The number of rotatable bonds is 8. The summed E-state index contributed by atoms with van der Waals surface area (Å²) in [5.74, 6) is 0.880. The molecule has 0 amide bonds. The zero-order valence-corrected chi connectivity index (χ0v) is 15.6. The van der Waals surface area contributed by atoms with E-state index in [2.05, 4.69) is 0 Å². The van der Waals surface area contributed by atoms with Crippen LogP contribution in [-0.4, -0.2) is 33.6 Å². The molecule has 26 heavy (non-hydrogen) atoms. The second-order valence-electron chi connectivity index (χ2n) is 5.51. The van der Waals surface area contributed by atoms with Crippen molar-refractivity contribution in [1.82, 2.24) is 0 Å². The molecule has 0 aromatic heterocycles. The molecule has 0 spiro atoms. The molecule has 0 atom stereocenters. The van der Waals surface area contributed by atoms with E-state index in [-0.39, 0.29) is 6.79 Å². The molecule has 0 aliphatic carbocycles. The smallest absolute Gasteiger partial charge is 0.331 e. The van der Waals surface area contributed by atoms with Gasteiger partial charge >= 0.3 is 5.97 Å². The van der Waals surface area contributed by atoms with E-state index in [1.54, 1.807) is 21.1 Å². The van der Waals surface area contributed by atoms with Crippen molar-refractivity contribution in [3.8, 4) is 11.5 Å². The molecule has 0 unspecified atom stereocenters. The average molecular weight is 356 g/mol. The maximum atomic E-state index is 12.2. The highest BCUT2D eigenvalue weighted by molar-refractivity contribution is 5.98. The van der Waals surface area contributed by atoms with Gasteiger partial charge in [-0.2, -0.15) is 0 Å². The second-order valence-corrected chi connectivity index (χ2v) is 5.51. The van der Waals surface area contributed by atoms with E-state index in [4.69, 9.17) is 18.9 Å². The second kappa shape index (κ2) is 9.63. The molecule has 0 aliphatic heterocycles. The number of hydrogen-bond acceptors (Lipinski definition) is 5. The summed E-state index contributed by atoms with van der Waals surface area (Å²) in [4.78, 5) is 12.2. The van der Waals surface area contributed by atoms with E-state index >= 15 is 0 Å². The highest BCUT2D eigenvalue weighted by atomic mass is 16.7. The van der Waals surface area contributed by atoms with Gasteiger partial charge in [-0.15, -0.1) is 0 Å². The highest BCUT2D eigenvalue weighted by Crippen LogP contribution is 2.37. The lowest BCUT2D eigenvalue weighted by molar-refractivity contribution is -0.137. The lowest BCUT2D eigenvalue weighted by Crippen LogP contribution is -2.06. The molecule has 0 aliphatic rings. The molecular weight excluding hydrogens is 332 g/mol. The lowest BCUT2D eigenvalue weighted by Gasteiger charge is -2.18. The Morgan fingerprint density at radius 2 is 1.77 bits per heavy atom. The van der Waals surface area contributed by atoms with Gasteiger partial charge in [0, 0.05) is 29.9 Å². The summed E-state index contributed by atoms with van der Waals surface area (Å²) in [5.41, 5.74) is 3.13. The van der Waals surface area contributed by atoms with Gasteiger partial charge in [0.05, 0.1) is 13.7 Å². The summed E-state index contributed by atoms with van der Waals surface area (Å²) < 4.78 is 21.4. The van der Waals surface area contributed by atoms with Crippen LogP contribution in [0.1, 0.15) is 23.6 Å². The van der Waals surface area contributed by atoms with Crippen molar-refractivity contribution < 1.29 is 23.7 Å². The molecule has 2 rings (SSSR count). The zero-order valence-electron chi connectivity index (χ0n) is 15.6. The van der Waals surface area contributed by atoms with Gasteiger partial charge in [0.1, 0.15) is 11.5 Å². The maximum absolute atomic E-state index is 12.2. The molecule has 5 nitrogen and oxygen atoms in total. The zero-order chi connectivity index (χ0) is 18.9. The predicted molar refractivity (Wildman–Crippen MR) is 100 cm³/mol. The molecule has 5 heteroatoms. The number of hydrogen-bond donors (Lipinski definition) is 0. The van der Waals surface area contributed by atoms with Crippen LogP contribution in [0.2, 0.25) is 0 Å². The summed E-state index contributed by atoms with van der Waals surface area (Å²) in [5, 5.41) is 0. The van der Waals surface area contributed by atoms with Crippen molar-refractivity contribution in [2.45, 2.75) is 13.8 Å². The fourth-order valence-electron chi connectivity index (χ4n) is 2.64. The fourth-order valence-corrected chi connectivity index (χ4v) is 2.64. The Labute approximate surface area is 154 Å². The van der Waals surface area contributed by atoms with Crippen molar-refractivity contribution in [2.24, 2.45) is 0 Å². The van der Waals surface area contributed by atoms with Crippen molar-refractivity contribution in [1.29, 1.82) is 0 Å². The van der Waals surface area contributed by atoms with Crippen LogP contribution in [0.5, 0.6) is 11.5 Å². The molecule has 0 fully saturated rings. The number of carbonyl (C=O) groups is 1. The first-order valence-corrected chi connectivity index (χ1v) is 8.35. The van der Waals surface area contributed by atoms with E-state index in [0.717, 1.165) is 16.7 Å². The van der Waals surface area contributed by atoms with E-state index in [1.807, 2.05) is 49.4 Å². The van der Waals surface area contributed by atoms with Gasteiger partial charge in [-0.05, 0) is 25.5 Å². The largest absolute Gasteiger partial charge is 0.496 e. The monoisotopic (exact) mass is 356 g/mol. The minimum absolute atomic E-state index is 0.108. The van der Waals surface area contributed by atoms with Gasteiger partial charge in [-0.25, -0.2) is 4.79 Å². The highest BCUT2D eigenvalue weighted by Gasteiger charge is 2.18. The first kappa shape index (κ1) is 19.5. The van der Waals surface area contributed by atoms with Gasteiger partial charge in [-0.1, -0.05) is 36.4 Å². The van der Waals surface area contributed by atoms with Crippen LogP contribution in [0.4, 0.5) is 0 Å². The van der Waals surface area contributed by atoms with Gasteiger partial charge in [0.15, 0.2) is 6.79 Å². The van der Waals surface area contributed by atoms with Crippen LogP contribution >= 0.6 is 0 Å². The van der Waals surface area contributed by atoms with Gasteiger partial charge in [0.25, 0.3) is 0 Å². The van der Waals surface area contributed by atoms with Crippen LogP contribution < -0.4 is 9.47 Å². The third-order valence-electron chi connectivity index (χ3n) is 3.77. The number of aryl methyl sites for hydroxylation is 1. The van der Waals surface area contributed by atoms with Crippen LogP contribution in [0.3, 0.4) is 0 Å². The fraction of sp³-hybridized carbons (Fsp3) is 0.286. The normalized spacial score (nSPS) is 11.2. The van der Waals surface area contributed by atoms with Crippen LogP contribution in [-0.2, 0) is 14.3 Å². The SMILES string of the molecule is CCOC(=O)/C=C(/c1ccccc1OC)c1cccc(C)c1OCOC. The van der Waals surface area contributed by atoms with Gasteiger partial charge in [0.2, 0.25) is 0 Å². The minimum Gasteiger partial charge on any atom is -0.496 e. The van der Waals surface area contributed by atoms with Gasteiger partial charge < -0.3 is 18.9 Å². The number of esters is 1. The third kappa shape index (κ3) is 4.64. The maximum Gasteiger partial charge on any atom is 0.331 e. The van der Waals surface area contributed by atoms with Crippen LogP contribution in [0, 0.1) is 6.92 Å². The number of para-hydroxylation sites is 2. The molecule has 138 valence electrons. The van der Waals surface area contributed by atoms with Crippen molar-refractivity contribution in [3.63, 3.8) is 0 Å². The van der Waals surface area contributed by atoms with Crippen LogP contribution in [0.25, 0.3) is 5.57 Å². The molecule has 0 heterocycles. The number of methoxy groups -OCH3 is 2. The molecule has 2 aromatic rings. The molecular formula is C21H24O5. The number of ether oxygens (including phenoxy) is 4. The molecule has 0 N–H and O–H groups in total. The summed E-state index contributed by atoms with van der Waals surface area (Å²) in [6.45, 7) is 4.12. The molecule has 0 saturated heterocycles. The third-order valence-corrected chi connectivity index (χ3v) is 3.77. The Morgan fingerprint density at radius 3 is 2.46 bits per heavy atom. The van der Waals surface area contributed by atoms with E-state index in [1.165, 1.54) is 6.08 Å². The topological polar surface area (TPSA) is 54.0 Å². The predicted octanol–water partition coefficient (Wildman–Crippen LogP) is 3.98. The van der Waals surface area contributed by atoms with E-state index in [0.29, 0.717) is 23.7 Å². The quantitative estimate of drug-likeness (QED) is 0.407. The van der Waals surface area contributed by atoms with Crippen molar-refractivity contribution in [3.05, 3.63) is 65.2 Å². The standard InChI is InChI=1S/C21H24O5/c1-5-25-20(22)13-18(16-10-6-7-12-19(16)24-4)17-11-8-9-15(2)21(17)26-14-23-3/h6-13H,5,14H2,1-4H3/b18-13-. The average Bonchev–Trinajstić information content (AvgIpc) is 2.65. The summed E-state index contributed by atoms with van der Waals surface area (Å²) in [6.07, 6.45) is 1.47. The molecule has 2 aromatic carbocycles. The number of benzene rings is 2. The first-order chi connectivity index (χ1) is 12.6. The Bertz CT molecular complexity index is 780.